The molecule has 20 heavy (non-hydrogen) atoms. The molecule has 3 rings (SSSR count). The van der Waals surface area contributed by atoms with E-state index in [4.69, 9.17) is 16.3 Å². The van der Waals surface area contributed by atoms with Crippen LogP contribution in [0.1, 0.15) is 18.1 Å². The van der Waals surface area contributed by atoms with Gasteiger partial charge >= 0.3 is 0 Å². The minimum absolute atomic E-state index is 0.116. The molecule has 1 aromatic heterocycles. The number of aromatic nitrogens is 2. The zero-order valence-corrected chi connectivity index (χ0v) is 12.0. The van der Waals surface area contributed by atoms with Gasteiger partial charge < -0.3 is 10.1 Å². The molecule has 2 atom stereocenters. The summed E-state index contributed by atoms with van der Waals surface area (Å²) in [5, 5.41) is 8.52. The second-order valence-corrected chi connectivity index (χ2v) is 5.40. The van der Waals surface area contributed by atoms with Gasteiger partial charge in [0.15, 0.2) is 0 Å². The minimum atomic E-state index is 0.116. The Kier molecular flexibility index (Phi) is 4.35. The summed E-state index contributed by atoms with van der Waals surface area (Å²) in [7, 11) is 0. The van der Waals surface area contributed by atoms with Gasteiger partial charge in [-0.05, 0) is 30.2 Å². The Morgan fingerprint density at radius 1 is 1.35 bits per heavy atom. The Morgan fingerprint density at radius 2 is 2.20 bits per heavy atom. The highest BCUT2D eigenvalue weighted by molar-refractivity contribution is 6.30. The smallest absolute Gasteiger partial charge is 0.0978 e. The maximum Gasteiger partial charge on any atom is 0.0978 e. The van der Waals surface area contributed by atoms with Gasteiger partial charge in [0.1, 0.15) is 0 Å². The molecule has 4 nitrogen and oxygen atoms in total. The van der Waals surface area contributed by atoms with Crippen LogP contribution in [0.3, 0.4) is 0 Å². The van der Waals surface area contributed by atoms with Gasteiger partial charge in [0.05, 0.1) is 12.6 Å². The lowest BCUT2D eigenvalue weighted by Crippen LogP contribution is -2.34. The quantitative estimate of drug-likeness (QED) is 0.920. The molecule has 2 aromatic rings. The normalized spacial score (nSPS) is 22.2. The van der Waals surface area contributed by atoms with Crippen LogP contribution in [-0.4, -0.2) is 29.0 Å². The molecule has 0 amide bonds. The van der Waals surface area contributed by atoms with Crippen LogP contribution < -0.4 is 5.32 Å². The predicted octanol–water partition coefficient (Wildman–Crippen LogP) is 2.66. The maximum absolute atomic E-state index is 5.93. The van der Waals surface area contributed by atoms with Crippen LogP contribution in [-0.2, 0) is 11.3 Å². The average Bonchev–Trinajstić information content (AvgIpc) is 3.11. The Balaban J connectivity index is 1.56. The molecule has 0 spiro atoms. The first-order valence-electron chi connectivity index (χ1n) is 6.91. The van der Waals surface area contributed by atoms with Crippen molar-refractivity contribution in [2.75, 3.05) is 13.2 Å². The zero-order valence-electron chi connectivity index (χ0n) is 11.2. The molecule has 0 unspecified atom stereocenters. The van der Waals surface area contributed by atoms with Crippen LogP contribution in [0.4, 0.5) is 0 Å². The summed E-state index contributed by atoms with van der Waals surface area (Å²) >= 11 is 5.93. The molecule has 1 saturated heterocycles. The van der Waals surface area contributed by atoms with Crippen molar-refractivity contribution in [1.82, 2.24) is 15.1 Å². The van der Waals surface area contributed by atoms with E-state index in [1.54, 1.807) is 6.20 Å². The van der Waals surface area contributed by atoms with Crippen LogP contribution >= 0.6 is 11.6 Å². The lowest BCUT2D eigenvalue weighted by molar-refractivity contribution is 0.0986. The summed E-state index contributed by atoms with van der Waals surface area (Å²) in [5.74, 6) is 0. The van der Waals surface area contributed by atoms with Gasteiger partial charge in [-0.2, -0.15) is 5.10 Å². The zero-order chi connectivity index (χ0) is 13.8. The fourth-order valence-corrected chi connectivity index (χ4v) is 2.70. The summed E-state index contributed by atoms with van der Waals surface area (Å²) in [6, 6.07) is 10.2. The molecule has 1 N–H and O–H groups in total. The van der Waals surface area contributed by atoms with Crippen molar-refractivity contribution in [1.29, 1.82) is 0 Å². The number of ether oxygens (including phenoxy) is 1. The summed E-state index contributed by atoms with van der Waals surface area (Å²) in [6.07, 6.45) is 4.93. The van der Waals surface area contributed by atoms with Crippen LogP contribution in [0.2, 0.25) is 5.02 Å². The van der Waals surface area contributed by atoms with E-state index in [0.717, 1.165) is 31.1 Å². The Hall–Kier alpha value is -1.36. The molecule has 0 saturated carbocycles. The van der Waals surface area contributed by atoms with Crippen LogP contribution in [0.5, 0.6) is 0 Å². The fourth-order valence-electron chi connectivity index (χ4n) is 2.58. The molecule has 1 fully saturated rings. The van der Waals surface area contributed by atoms with E-state index in [0.29, 0.717) is 6.04 Å². The van der Waals surface area contributed by atoms with Crippen molar-refractivity contribution in [2.24, 2.45) is 0 Å². The van der Waals surface area contributed by atoms with Crippen LogP contribution in [0.25, 0.3) is 0 Å². The first-order chi connectivity index (χ1) is 9.83. The monoisotopic (exact) mass is 291 g/mol. The number of halogens is 1. The highest BCUT2D eigenvalue weighted by Gasteiger charge is 2.28. The Bertz CT molecular complexity index is 527. The van der Waals surface area contributed by atoms with Gasteiger partial charge in [-0.1, -0.05) is 23.7 Å². The fraction of sp³-hybridized carbons (Fsp3) is 0.400. The largest absolute Gasteiger partial charge is 0.372 e. The standard InChI is InChI=1S/C15H18ClN3O/c16-13-4-2-12(3-5-13)15-14(6-11-20-15)17-8-10-19-9-1-7-18-19/h1-5,7,9,14-15,17H,6,8,10-11H2/t14-,15-/m0/s1. The van der Waals surface area contributed by atoms with Gasteiger partial charge in [0.2, 0.25) is 0 Å². The van der Waals surface area contributed by atoms with Gasteiger partial charge in [0, 0.05) is 36.6 Å². The van der Waals surface area contributed by atoms with Crippen molar-refractivity contribution in [3.05, 3.63) is 53.3 Å². The minimum Gasteiger partial charge on any atom is -0.372 e. The maximum atomic E-state index is 5.93. The van der Waals surface area contributed by atoms with Crippen LogP contribution in [0.15, 0.2) is 42.7 Å². The molecule has 5 heteroatoms. The summed E-state index contributed by atoms with van der Waals surface area (Å²) in [6.45, 7) is 2.56. The third-order valence-corrected chi connectivity index (χ3v) is 3.85. The van der Waals surface area contributed by atoms with Gasteiger partial charge in [-0.3, -0.25) is 4.68 Å². The lowest BCUT2D eigenvalue weighted by Gasteiger charge is -2.20. The molecule has 106 valence electrons. The van der Waals surface area contributed by atoms with Crippen molar-refractivity contribution in [3.8, 4) is 0 Å². The van der Waals surface area contributed by atoms with E-state index in [1.165, 1.54) is 5.56 Å². The highest BCUT2D eigenvalue weighted by Crippen LogP contribution is 2.29. The van der Waals surface area contributed by atoms with Crippen molar-refractivity contribution in [3.63, 3.8) is 0 Å². The molecule has 0 bridgehead atoms. The molecule has 2 heterocycles. The van der Waals surface area contributed by atoms with Gasteiger partial charge in [-0.15, -0.1) is 0 Å². The van der Waals surface area contributed by atoms with Gasteiger partial charge in [-0.25, -0.2) is 0 Å². The summed E-state index contributed by atoms with van der Waals surface area (Å²) in [5.41, 5.74) is 1.18. The van der Waals surface area contributed by atoms with Crippen molar-refractivity contribution >= 4 is 11.6 Å². The molecular weight excluding hydrogens is 274 g/mol. The third-order valence-electron chi connectivity index (χ3n) is 3.60. The molecule has 0 aliphatic carbocycles. The van der Waals surface area contributed by atoms with E-state index >= 15 is 0 Å². The van der Waals surface area contributed by atoms with E-state index in [2.05, 4.69) is 10.4 Å². The molecule has 0 radical (unpaired) electrons. The molecule has 1 aliphatic rings. The number of benzene rings is 1. The number of nitrogens with one attached hydrogen (secondary N) is 1. The second-order valence-electron chi connectivity index (χ2n) is 4.96. The second kappa shape index (κ2) is 6.39. The number of hydrogen-bond acceptors (Lipinski definition) is 3. The number of hydrogen-bond donors (Lipinski definition) is 1. The molecule has 1 aliphatic heterocycles. The topological polar surface area (TPSA) is 39.1 Å². The summed E-state index contributed by atoms with van der Waals surface area (Å²) in [4.78, 5) is 0. The average molecular weight is 292 g/mol. The Labute approximate surface area is 123 Å². The SMILES string of the molecule is Clc1ccc([C@@H]2OCC[C@@H]2NCCn2cccn2)cc1. The summed E-state index contributed by atoms with van der Waals surface area (Å²) < 4.78 is 7.78. The van der Waals surface area contributed by atoms with Crippen molar-refractivity contribution < 1.29 is 4.74 Å². The molecule has 1 aromatic carbocycles. The first-order valence-corrected chi connectivity index (χ1v) is 7.28. The highest BCUT2D eigenvalue weighted by atomic mass is 35.5. The van der Waals surface area contributed by atoms with Crippen molar-refractivity contribution in [2.45, 2.75) is 25.1 Å². The van der Waals surface area contributed by atoms with E-state index < -0.39 is 0 Å². The number of rotatable bonds is 5. The number of nitrogens with zero attached hydrogens (tertiary/aromatic N) is 2. The Morgan fingerprint density at radius 3 is 2.95 bits per heavy atom. The van der Waals surface area contributed by atoms with E-state index in [-0.39, 0.29) is 6.10 Å². The van der Waals surface area contributed by atoms with E-state index in [1.807, 2.05) is 41.2 Å². The van der Waals surface area contributed by atoms with Crippen LogP contribution in [0, 0.1) is 0 Å². The molecular formula is C15H18ClN3O. The lowest BCUT2D eigenvalue weighted by atomic mass is 10.0. The third kappa shape index (κ3) is 3.20. The van der Waals surface area contributed by atoms with Gasteiger partial charge in [0.25, 0.3) is 0 Å². The van der Waals surface area contributed by atoms with E-state index in [9.17, 15) is 0 Å². The predicted molar refractivity (Wildman–Crippen MR) is 78.8 cm³/mol. The first kappa shape index (κ1) is 13.6.